The molecule has 3 heterocycles. The Morgan fingerprint density at radius 2 is 1.93 bits per heavy atom. The molecule has 136 valence electrons. The molecule has 0 saturated carbocycles. The number of benzene rings is 1. The van der Waals surface area contributed by atoms with Gasteiger partial charge in [0.25, 0.3) is 0 Å². The topological polar surface area (TPSA) is 89.9 Å². The Balaban J connectivity index is 1.70. The second kappa shape index (κ2) is 7.13. The molecule has 0 aliphatic rings. The van der Waals surface area contributed by atoms with Crippen molar-refractivity contribution in [2.45, 2.75) is 19.9 Å². The summed E-state index contributed by atoms with van der Waals surface area (Å²) in [5.74, 6) is 1.73. The van der Waals surface area contributed by atoms with Crippen LogP contribution in [0.4, 0.5) is 0 Å². The summed E-state index contributed by atoms with van der Waals surface area (Å²) in [7, 11) is 0. The molecule has 4 aromatic rings. The van der Waals surface area contributed by atoms with E-state index >= 15 is 0 Å². The maximum absolute atomic E-state index is 9.42. The SMILES string of the molecule is Cc1ccccc1-c1cnc(-c2cccc(-c3nncn3[C@H](C)CO)n2)o1. The zero-order chi connectivity index (χ0) is 18.8. The van der Waals surface area contributed by atoms with E-state index in [4.69, 9.17) is 4.42 Å². The number of nitrogens with zero attached hydrogens (tertiary/aromatic N) is 5. The third-order valence-corrected chi connectivity index (χ3v) is 4.43. The first-order chi connectivity index (χ1) is 13.2. The van der Waals surface area contributed by atoms with E-state index in [2.05, 4.69) is 20.2 Å². The van der Waals surface area contributed by atoms with Crippen molar-refractivity contribution in [1.29, 1.82) is 0 Å². The van der Waals surface area contributed by atoms with Gasteiger partial charge in [-0.05, 0) is 31.5 Å². The molecule has 0 saturated heterocycles. The van der Waals surface area contributed by atoms with Crippen molar-refractivity contribution in [3.8, 4) is 34.4 Å². The fourth-order valence-corrected chi connectivity index (χ4v) is 2.88. The molecule has 3 aromatic heterocycles. The normalized spacial score (nSPS) is 12.3. The van der Waals surface area contributed by atoms with Gasteiger partial charge in [0.2, 0.25) is 5.89 Å². The standard InChI is InChI=1S/C20H19N5O2/c1-13-6-3-4-7-15(13)18-10-21-20(27-18)17-9-5-8-16(23-17)19-24-22-12-25(19)14(2)11-26/h3-10,12,14,26H,11H2,1-2H3/t14-/m1/s1. The van der Waals surface area contributed by atoms with Crippen molar-refractivity contribution in [2.75, 3.05) is 6.61 Å². The van der Waals surface area contributed by atoms with Crippen LogP contribution in [0.1, 0.15) is 18.5 Å². The summed E-state index contributed by atoms with van der Waals surface area (Å²) in [6.07, 6.45) is 3.30. The number of aromatic nitrogens is 5. The molecular formula is C20H19N5O2. The number of rotatable bonds is 5. The third-order valence-electron chi connectivity index (χ3n) is 4.43. The van der Waals surface area contributed by atoms with E-state index in [-0.39, 0.29) is 12.6 Å². The second-order valence-electron chi connectivity index (χ2n) is 6.35. The zero-order valence-corrected chi connectivity index (χ0v) is 15.1. The Morgan fingerprint density at radius 3 is 2.74 bits per heavy atom. The fraction of sp³-hybridized carbons (Fsp3) is 0.200. The fourth-order valence-electron chi connectivity index (χ4n) is 2.88. The zero-order valence-electron chi connectivity index (χ0n) is 15.1. The number of aliphatic hydroxyl groups excluding tert-OH is 1. The summed E-state index contributed by atoms with van der Waals surface area (Å²) in [5.41, 5.74) is 3.37. The van der Waals surface area contributed by atoms with Gasteiger partial charge >= 0.3 is 0 Å². The first-order valence-electron chi connectivity index (χ1n) is 8.67. The van der Waals surface area contributed by atoms with Gasteiger partial charge in [-0.2, -0.15) is 0 Å². The summed E-state index contributed by atoms with van der Waals surface area (Å²) in [5, 5.41) is 17.5. The summed E-state index contributed by atoms with van der Waals surface area (Å²) < 4.78 is 7.74. The smallest absolute Gasteiger partial charge is 0.245 e. The van der Waals surface area contributed by atoms with Gasteiger partial charge < -0.3 is 14.1 Å². The average molecular weight is 361 g/mol. The van der Waals surface area contributed by atoms with Crippen molar-refractivity contribution < 1.29 is 9.52 Å². The molecule has 0 bridgehead atoms. The molecule has 7 heteroatoms. The Kier molecular flexibility index (Phi) is 4.52. The summed E-state index contributed by atoms with van der Waals surface area (Å²) in [6, 6.07) is 13.4. The number of aliphatic hydroxyl groups is 1. The number of aryl methyl sites for hydroxylation is 1. The molecule has 1 atom stereocenters. The molecule has 7 nitrogen and oxygen atoms in total. The Morgan fingerprint density at radius 1 is 1.11 bits per heavy atom. The van der Waals surface area contributed by atoms with Crippen LogP contribution in [0.15, 0.2) is 59.4 Å². The molecule has 0 aliphatic carbocycles. The third kappa shape index (κ3) is 3.24. The van der Waals surface area contributed by atoms with Gasteiger partial charge in [-0.1, -0.05) is 30.3 Å². The van der Waals surface area contributed by atoms with E-state index in [0.29, 0.717) is 28.9 Å². The minimum atomic E-state index is -0.144. The summed E-state index contributed by atoms with van der Waals surface area (Å²) in [6.45, 7) is 3.91. The van der Waals surface area contributed by atoms with Crippen LogP contribution in [0.2, 0.25) is 0 Å². The Hall–Kier alpha value is -3.32. The molecule has 4 rings (SSSR count). The van der Waals surface area contributed by atoms with E-state index in [0.717, 1.165) is 11.1 Å². The van der Waals surface area contributed by atoms with Crippen LogP contribution in [-0.4, -0.2) is 36.4 Å². The lowest BCUT2D eigenvalue weighted by molar-refractivity contribution is 0.239. The van der Waals surface area contributed by atoms with E-state index < -0.39 is 0 Å². The van der Waals surface area contributed by atoms with E-state index in [1.54, 1.807) is 17.1 Å². The van der Waals surface area contributed by atoms with Crippen LogP contribution < -0.4 is 0 Å². The van der Waals surface area contributed by atoms with Crippen molar-refractivity contribution >= 4 is 0 Å². The minimum Gasteiger partial charge on any atom is -0.435 e. The molecular weight excluding hydrogens is 342 g/mol. The Bertz CT molecular complexity index is 1070. The van der Waals surface area contributed by atoms with Crippen molar-refractivity contribution in [3.05, 3.63) is 60.6 Å². The van der Waals surface area contributed by atoms with Crippen LogP contribution in [0.3, 0.4) is 0 Å². The molecule has 1 aromatic carbocycles. The summed E-state index contributed by atoms with van der Waals surface area (Å²) in [4.78, 5) is 9.02. The molecule has 27 heavy (non-hydrogen) atoms. The first kappa shape index (κ1) is 17.1. The maximum Gasteiger partial charge on any atom is 0.245 e. The van der Waals surface area contributed by atoms with Crippen molar-refractivity contribution in [2.24, 2.45) is 0 Å². The highest BCUT2D eigenvalue weighted by molar-refractivity contribution is 5.64. The van der Waals surface area contributed by atoms with Crippen molar-refractivity contribution in [3.63, 3.8) is 0 Å². The lowest BCUT2D eigenvalue weighted by Gasteiger charge is -2.12. The quantitative estimate of drug-likeness (QED) is 0.585. The van der Waals surface area contributed by atoms with Gasteiger partial charge in [0.15, 0.2) is 11.6 Å². The average Bonchev–Trinajstić information content (AvgIpc) is 3.38. The predicted molar refractivity (Wildman–Crippen MR) is 101 cm³/mol. The lowest BCUT2D eigenvalue weighted by Crippen LogP contribution is -2.10. The lowest BCUT2D eigenvalue weighted by atomic mass is 10.1. The number of hydrogen-bond acceptors (Lipinski definition) is 6. The van der Waals surface area contributed by atoms with Gasteiger partial charge in [0, 0.05) is 5.56 Å². The van der Waals surface area contributed by atoms with E-state index in [9.17, 15) is 5.11 Å². The van der Waals surface area contributed by atoms with Gasteiger partial charge in [-0.3, -0.25) is 0 Å². The summed E-state index contributed by atoms with van der Waals surface area (Å²) >= 11 is 0. The predicted octanol–water partition coefficient (Wildman–Crippen LogP) is 3.52. The van der Waals surface area contributed by atoms with Crippen LogP contribution in [0, 0.1) is 6.92 Å². The highest BCUT2D eigenvalue weighted by atomic mass is 16.4. The monoisotopic (exact) mass is 361 g/mol. The van der Waals surface area contributed by atoms with E-state index in [1.165, 1.54) is 0 Å². The van der Waals surface area contributed by atoms with Gasteiger partial charge in [-0.15, -0.1) is 10.2 Å². The van der Waals surface area contributed by atoms with Gasteiger partial charge in [-0.25, -0.2) is 9.97 Å². The number of oxazole rings is 1. The highest BCUT2D eigenvalue weighted by Gasteiger charge is 2.16. The van der Waals surface area contributed by atoms with Crippen LogP contribution >= 0.6 is 0 Å². The van der Waals surface area contributed by atoms with Crippen LogP contribution in [0.25, 0.3) is 34.4 Å². The van der Waals surface area contributed by atoms with E-state index in [1.807, 2.05) is 56.3 Å². The van der Waals surface area contributed by atoms with Gasteiger partial charge in [0.05, 0.1) is 18.8 Å². The molecule has 0 spiro atoms. The molecule has 0 radical (unpaired) electrons. The molecule has 0 fully saturated rings. The second-order valence-corrected chi connectivity index (χ2v) is 6.35. The molecule has 0 aliphatic heterocycles. The van der Waals surface area contributed by atoms with Crippen LogP contribution in [-0.2, 0) is 0 Å². The Labute approximate surface area is 156 Å². The van der Waals surface area contributed by atoms with Crippen LogP contribution in [0.5, 0.6) is 0 Å². The maximum atomic E-state index is 9.42. The highest BCUT2D eigenvalue weighted by Crippen LogP contribution is 2.28. The number of hydrogen-bond donors (Lipinski definition) is 1. The largest absolute Gasteiger partial charge is 0.435 e. The van der Waals surface area contributed by atoms with Gasteiger partial charge in [0.1, 0.15) is 17.7 Å². The number of pyridine rings is 1. The minimum absolute atomic E-state index is 0.00967. The molecule has 1 N–H and O–H groups in total. The first-order valence-corrected chi connectivity index (χ1v) is 8.67. The molecule has 0 unspecified atom stereocenters. The van der Waals surface area contributed by atoms with Crippen molar-refractivity contribution in [1.82, 2.24) is 24.7 Å². The molecule has 0 amide bonds.